The lowest BCUT2D eigenvalue weighted by Crippen LogP contribution is -2.50. The molecule has 3 aliphatic heterocycles. The van der Waals surface area contributed by atoms with E-state index in [1.807, 2.05) is 23.1 Å². The van der Waals surface area contributed by atoms with Crippen LogP contribution in [-0.4, -0.2) is 84.8 Å². The molecular formula is C25H30ClN7O3S2. The Hall–Kier alpha value is -2.25. The van der Waals surface area contributed by atoms with Crippen LogP contribution in [0, 0.1) is 5.41 Å². The van der Waals surface area contributed by atoms with E-state index in [1.54, 1.807) is 12.4 Å². The monoisotopic (exact) mass is 575 g/mol. The van der Waals surface area contributed by atoms with Gasteiger partial charge in [0.05, 0.1) is 35.4 Å². The zero-order valence-electron chi connectivity index (χ0n) is 21.1. The van der Waals surface area contributed by atoms with Crippen LogP contribution < -0.4 is 15.5 Å². The molecule has 3 saturated heterocycles. The molecule has 0 aliphatic carbocycles. The van der Waals surface area contributed by atoms with Crippen molar-refractivity contribution in [3.63, 3.8) is 0 Å². The van der Waals surface area contributed by atoms with E-state index in [2.05, 4.69) is 21.8 Å². The maximum absolute atomic E-state index is 11.8. The molecule has 0 saturated carbocycles. The Morgan fingerprint density at radius 3 is 2.55 bits per heavy atom. The predicted molar refractivity (Wildman–Crippen MR) is 149 cm³/mol. The van der Waals surface area contributed by atoms with Gasteiger partial charge in [0.1, 0.15) is 22.2 Å². The summed E-state index contributed by atoms with van der Waals surface area (Å²) in [5, 5.41) is 1.23. The van der Waals surface area contributed by atoms with Gasteiger partial charge in [-0.1, -0.05) is 23.4 Å². The number of anilines is 2. The molecule has 38 heavy (non-hydrogen) atoms. The van der Waals surface area contributed by atoms with Gasteiger partial charge < -0.3 is 20.3 Å². The molecule has 1 spiro atoms. The lowest BCUT2D eigenvalue weighted by Gasteiger charge is -2.41. The van der Waals surface area contributed by atoms with E-state index in [9.17, 15) is 8.42 Å². The largest absolute Gasteiger partial charge is 0.376 e. The third-order valence-electron chi connectivity index (χ3n) is 7.99. The molecule has 0 bridgehead atoms. The molecule has 6 rings (SSSR count). The minimum absolute atomic E-state index is 0.0632. The normalized spacial score (nSPS) is 24.8. The van der Waals surface area contributed by atoms with E-state index < -0.39 is 9.84 Å². The fourth-order valence-corrected chi connectivity index (χ4v) is 7.84. The first kappa shape index (κ1) is 26.0. The SMILES string of the molecule is C[C@@H]1OCC2(CCN(c3cnc4nc(Sc5ccnc(N6CCS(=O)(=O)CC6)c5Cl)ccc4n3)CC2)[C@@H]1N. The summed E-state index contributed by atoms with van der Waals surface area (Å²) in [5.41, 5.74) is 7.83. The van der Waals surface area contributed by atoms with Crippen molar-refractivity contribution in [2.45, 2.75) is 41.8 Å². The molecule has 6 heterocycles. The molecule has 3 fully saturated rings. The molecule has 2 N–H and O–H groups in total. The lowest BCUT2D eigenvalue weighted by molar-refractivity contribution is 0.0974. The molecule has 3 aromatic rings. The van der Waals surface area contributed by atoms with Crippen molar-refractivity contribution in [1.29, 1.82) is 0 Å². The summed E-state index contributed by atoms with van der Waals surface area (Å²) < 4.78 is 29.4. The molecule has 2 atom stereocenters. The van der Waals surface area contributed by atoms with Crippen molar-refractivity contribution in [3.05, 3.63) is 35.6 Å². The number of ether oxygens (including phenoxy) is 1. The van der Waals surface area contributed by atoms with Gasteiger partial charge in [-0.25, -0.2) is 28.4 Å². The lowest BCUT2D eigenvalue weighted by atomic mass is 9.73. The zero-order valence-corrected chi connectivity index (χ0v) is 23.5. The minimum atomic E-state index is -2.99. The first-order valence-electron chi connectivity index (χ1n) is 12.8. The van der Waals surface area contributed by atoms with Gasteiger partial charge in [-0.2, -0.15) is 0 Å². The highest BCUT2D eigenvalue weighted by atomic mass is 35.5. The van der Waals surface area contributed by atoms with Crippen LogP contribution in [0.1, 0.15) is 19.8 Å². The van der Waals surface area contributed by atoms with E-state index in [1.165, 1.54) is 11.8 Å². The number of nitrogens with two attached hydrogens (primary N) is 1. The standard InChI is InChI=1S/C25H30ClN7O3S2/c1-16-22(27)25(15-36-16)5-8-32(9-6-25)19-14-29-23-17(30-19)2-3-20(31-23)37-18-4-7-28-24(21(18)26)33-10-12-38(34,35)13-11-33/h2-4,7,14,16,22H,5-6,8-13,15,27H2,1H3/t16-,22+/m0/s1. The summed E-state index contributed by atoms with van der Waals surface area (Å²) in [6, 6.07) is 5.76. The topological polar surface area (TPSA) is 127 Å². The van der Waals surface area contributed by atoms with Gasteiger partial charge in [-0.3, -0.25) is 0 Å². The van der Waals surface area contributed by atoms with Crippen LogP contribution in [0.3, 0.4) is 0 Å². The quantitative estimate of drug-likeness (QED) is 0.493. The van der Waals surface area contributed by atoms with Crippen LogP contribution in [0.5, 0.6) is 0 Å². The Balaban J connectivity index is 1.16. The molecule has 0 amide bonds. The summed E-state index contributed by atoms with van der Waals surface area (Å²) in [5.74, 6) is 1.66. The highest BCUT2D eigenvalue weighted by Gasteiger charge is 2.47. The Labute approximate surface area is 231 Å². The highest BCUT2D eigenvalue weighted by molar-refractivity contribution is 7.99. The molecule has 13 heteroatoms. The molecule has 0 unspecified atom stereocenters. The Morgan fingerprint density at radius 2 is 1.84 bits per heavy atom. The van der Waals surface area contributed by atoms with Gasteiger partial charge in [0.25, 0.3) is 0 Å². The van der Waals surface area contributed by atoms with E-state index in [4.69, 9.17) is 32.0 Å². The van der Waals surface area contributed by atoms with E-state index in [-0.39, 0.29) is 29.1 Å². The van der Waals surface area contributed by atoms with Crippen LogP contribution in [0.15, 0.2) is 40.5 Å². The van der Waals surface area contributed by atoms with E-state index in [0.29, 0.717) is 29.6 Å². The van der Waals surface area contributed by atoms with Crippen LogP contribution in [-0.2, 0) is 14.6 Å². The van der Waals surface area contributed by atoms with Crippen LogP contribution >= 0.6 is 23.4 Å². The van der Waals surface area contributed by atoms with Crippen LogP contribution in [0.25, 0.3) is 11.2 Å². The Kier molecular flexibility index (Phi) is 6.88. The average Bonchev–Trinajstić information content (AvgIpc) is 3.19. The van der Waals surface area contributed by atoms with Crippen molar-refractivity contribution in [1.82, 2.24) is 19.9 Å². The molecule has 0 aromatic carbocycles. The van der Waals surface area contributed by atoms with Gasteiger partial charge in [0, 0.05) is 48.7 Å². The first-order chi connectivity index (χ1) is 18.2. The van der Waals surface area contributed by atoms with Crippen LogP contribution in [0.4, 0.5) is 11.6 Å². The second kappa shape index (κ2) is 10.1. The maximum atomic E-state index is 11.8. The third kappa shape index (κ3) is 4.92. The number of sulfone groups is 1. The summed E-state index contributed by atoms with van der Waals surface area (Å²) >= 11 is 8.12. The zero-order chi connectivity index (χ0) is 26.5. The molecule has 0 radical (unpaired) electrons. The number of piperidine rings is 1. The summed E-state index contributed by atoms with van der Waals surface area (Å²) in [7, 11) is -2.99. The summed E-state index contributed by atoms with van der Waals surface area (Å²) in [6.07, 6.45) is 5.55. The van der Waals surface area contributed by atoms with Crippen molar-refractivity contribution in [3.8, 4) is 0 Å². The fourth-order valence-electron chi connectivity index (χ4n) is 5.49. The fraction of sp³-hybridized carbons (Fsp3) is 0.520. The van der Waals surface area contributed by atoms with Crippen molar-refractivity contribution >= 4 is 56.0 Å². The Bertz CT molecular complexity index is 1450. The number of pyridine rings is 2. The Morgan fingerprint density at radius 1 is 1.08 bits per heavy atom. The van der Waals surface area contributed by atoms with Gasteiger partial charge in [0.15, 0.2) is 15.5 Å². The minimum Gasteiger partial charge on any atom is -0.376 e. The number of aromatic nitrogens is 4. The number of halogens is 1. The number of hydrogen-bond donors (Lipinski definition) is 1. The third-order valence-corrected chi connectivity index (χ3v) is 11.1. The number of hydrogen-bond acceptors (Lipinski definition) is 11. The number of fused-ring (bicyclic) bond motifs is 1. The van der Waals surface area contributed by atoms with Gasteiger partial charge in [0.2, 0.25) is 0 Å². The molecular weight excluding hydrogens is 546 g/mol. The van der Waals surface area contributed by atoms with Gasteiger partial charge >= 0.3 is 0 Å². The van der Waals surface area contributed by atoms with E-state index >= 15 is 0 Å². The summed E-state index contributed by atoms with van der Waals surface area (Å²) in [6.45, 7) is 5.30. The molecule has 202 valence electrons. The summed E-state index contributed by atoms with van der Waals surface area (Å²) in [4.78, 5) is 23.5. The van der Waals surface area contributed by atoms with Gasteiger partial charge in [-0.15, -0.1) is 0 Å². The predicted octanol–water partition coefficient (Wildman–Crippen LogP) is 2.79. The van der Waals surface area contributed by atoms with Gasteiger partial charge in [-0.05, 0) is 38.0 Å². The van der Waals surface area contributed by atoms with Crippen molar-refractivity contribution in [2.24, 2.45) is 11.1 Å². The second-order valence-corrected chi connectivity index (χ2v) is 14.0. The maximum Gasteiger partial charge on any atom is 0.179 e. The molecule has 10 nitrogen and oxygen atoms in total. The van der Waals surface area contributed by atoms with E-state index in [0.717, 1.165) is 53.8 Å². The van der Waals surface area contributed by atoms with Crippen molar-refractivity contribution in [2.75, 3.05) is 54.1 Å². The smallest absolute Gasteiger partial charge is 0.179 e. The highest BCUT2D eigenvalue weighted by Crippen LogP contribution is 2.42. The van der Waals surface area contributed by atoms with Crippen LogP contribution in [0.2, 0.25) is 5.02 Å². The number of nitrogens with zero attached hydrogens (tertiary/aromatic N) is 6. The average molecular weight is 576 g/mol. The number of rotatable bonds is 4. The second-order valence-electron chi connectivity index (χ2n) is 10.3. The van der Waals surface area contributed by atoms with Crippen molar-refractivity contribution < 1.29 is 13.2 Å². The molecule has 3 aromatic heterocycles. The first-order valence-corrected chi connectivity index (χ1v) is 15.8. The molecule has 3 aliphatic rings.